The van der Waals surface area contributed by atoms with Crippen molar-refractivity contribution >= 4 is 0 Å². The summed E-state index contributed by atoms with van der Waals surface area (Å²) < 4.78 is 105. The van der Waals surface area contributed by atoms with Gasteiger partial charge in [-0.15, -0.1) is 0 Å². The van der Waals surface area contributed by atoms with Crippen molar-refractivity contribution in [3.8, 4) is 0 Å². The van der Waals surface area contributed by atoms with Crippen molar-refractivity contribution in [3.63, 3.8) is 0 Å². The molecule has 1 N–H and O–H groups in total. The molecule has 9 heavy (non-hydrogen) atoms. The molecule has 2 heteroatoms. The second-order valence-electron chi connectivity index (χ2n) is 1.28. The lowest BCUT2D eigenvalue weighted by Gasteiger charge is -2.17. The molecule has 0 aromatic heterocycles. The van der Waals surface area contributed by atoms with Crippen molar-refractivity contribution < 1.29 is 24.3 Å². The highest BCUT2D eigenvalue weighted by Gasteiger charge is 2.19. The molecule has 1 aliphatic rings. The van der Waals surface area contributed by atoms with Crippen LogP contribution in [0.5, 0.6) is 0 Å². The van der Waals surface area contributed by atoms with E-state index in [0.717, 1.165) is 0 Å². The Hall–Kier alpha value is -0.0800. The van der Waals surface area contributed by atoms with E-state index in [1.54, 1.807) is 0 Å². The van der Waals surface area contributed by atoms with Crippen molar-refractivity contribution in [1.29, 1.82) is 0 Å². The Kier molecular flexibility index (Phi) is 0.376. The molecule has 0 saturated carbocycles. The predicted molar refractivity (Wildman–Crippen MR) is 37.4 cm³/mol. The van der Waals surface area contributed by atoms with Gasteiger partial charge in [0.15, 0.2) is 0 Å². The van der Waals surface area contributed by atoms with Gasteiger partial charge in [0.1, 0.15) is 0 Å². The molecule has 0 radical (unpaired) electrons. The lowest BCUT2D eigenvalue weighted by atomic mass is 10.2. The van der Waals surface area contributed by atoms with Gasteiger partial charge in [0.05, 0.1) is 2.74 Å². The minimum absolute atomic E-state index is 0.666. The summed E-state index contributed by atoms with van der Waals surface area (Å²) in [6, 6.07) is -3.95. The van der Waals surface area contributed by atoms with Crippen LogP contribution >= 0.6 is 0 Å². The summed E-state index contributed by atoms with van der Waals surface area (Å²) in [4.78, 5) is -0.666. The molecule has 1 atom stereocenters. The van der Waals surface area contributed by atoms with Gasteiger partial charge in [-0.25, -0.2) is 0 Å². The Balaban J connectivity index is 3.93. The first kappa shape index (κ1) is 1.07. The fourth-order valence-corrected chi connectivity index (χ4v) is 0.395. The Morgan fingerprint density at radius 3 is 3.78 bits per heavy atom. The topological polar surface area (TPSA) is 23.5 Å². The quantitative estimate of drug-likeness (QED) is 0.607. The number of likely N-dealkylation sites (tertiary alicyclic amines) is 1. The lowest BCUT2D eigenvalue weighted by molar-refractivity contribution is 0.220. The molecule has 0 amide bonds. The molecule has 0 aromatic carbocycles. The molecule has 1 saturated heterocycles. The van der Waals surface area contributed by atoms with Crippen LogP contribution in [0.15, 0.2) is 0 Å². The highest BCUT2D eigenvalue weighted by Crippen LogP contribution is 2.16. The Morgan fingerprint density at radius 1 is 2.22 bits per heavy atom. The van der Waals surface area contributed by atoms with Gasteiger partial charge in [0.25, 0.3) is 0 Å². The molecular weight excluding hydrogens is 114 g/mol. The highest BCUT2D eigenvalue weighted by atomic mass is 16.3. The zero-order valence-electron chi connectivity index (χ0n) is 18.4. The zero-order chi connectivity index (χ0) is 19.1. The molecule has 2 nitrogen and oxygen atoms in total. The number of hydrogen-bond acceptors (Lipinski definition) is 2. The molecule has 0 aromatic rings. The van der Waals surface area contributed by atoms with Gasteiger partial charge in [-0.3, -0.25) is 0 Å². The summed E-state index contributed by atoms with van der Waals surface area (Å²) in [7, 11) is 0. The number of rotatable bonds is 2. The Morgan fingerprint density at radius 2 is 3.11 bits per heavy atom. The first-order valence-electron chi connectivity index (χ1n) is 9.14. The van der Waals surface area contributed by atoms with E-state index in [2.05, 4.69) is 0 Å². The third-order valence-corrected chi connectivity index (χ3v) is 0.747. The van der Waals surface area contributed by atoms with E-state index in [9.17, 15) is 5.11 Å². The number of hydrogen-bond donors (Lipinski definition) is 1. The third kappa shape index (κ3) is 1.66. The lowest BCUT2D eigenvalue weighted by Crippen LogP contribution is -2.25. The second-order valence-corrected chi connectivity index (χ2v) is 1.28. The van der Waals surface area contributed by atoms with Crippen molar-refractivity contribution in [2.75, 3.05) is 20.0 Å². The van der Waals surface area contributed by atoms with E-state index in [0.29, 0.717) is 0 Å². The molecule has 1 aliphatic heterocycles. The predicted octanol–water partition coefficient (Wildman–Crippen LogP) is 0.463. The highest BCUT2D eigenvalue weighted by molar-refractivity contribution is 4.75. The van der Waals surface area contributed by atoms with Gasteiger partial charge in [-0.2, -0.15) is 0 Å². The van der Waals surface area contributed by atoms with Gasteiger partial charge in [-0.05, 0) is 32.6 Å². The maximum Gasteiger partial charge on any atom is 0.0564 e. The van der Waals surface area contributed by atoms with Crippen molar-refractivity contribution in [3.05, 3.63) is 0 Å². The second kappa shape index (κ2) is 3.18. The third-order valence-electron chi connectivity index (χ3n) is 0.747. The van der Waals surface area contributed by atoms with Crippen LogP contribution in [0.25, 0.3) is 0 Å². The molecule has 1 fully saturated rings. The minimum atomic E-state index is -4.00. The van der Waals surface area contributed by atoms with Crippen LogP contribution in [-0.2, 0) is 0 Å². The largest absolute Gasteiger partial charge is 0.396 e. The summed E-state index contributed by atoms with van der Waals surface area (Å²) in [5, 5.41) is 9.34. The number of nitrogens with zero attached hydrogens (tertiary/aromatic N) is 1. The van der Waals surface area contributed by atoms with E-state index in [1.165, 1.54) is 0 Å². The van der Waals surface area contributed by atoms with Crippen molar-refractivity contribution in [2.24, 2.45) is 0 Å². The van der Waals surface area contributed by atoms with Gasteiger partial charge < -0.3 is 10.0 Å². The van der Waals surface area contributed by atoms with E-state index in [1.807, 2.05) is 0 Å². The van der Waals surface area contributed by atoms with E-state index in [4.69, 9.17) is 19.2 Å². The van der Waals surface area contributed by atoms with E-state index < -0.39 is 50.1 Å². The fraction of sp³-hybridized carbons (Fsp3) is 1.00. The SMILES string of the molecule is [2H]C([2H])([2H])N1C([2H])([2H])C([2H])([2H])C([2H])([2H])C1([2H])C([2H])([2H])C([2H])([2H])O. The summed E-state index contributed by atoms with van der Waals surface area (Å²) in [5.74, 6) is 0. The molecule has 1 heterocycles. The van der Waals surface area contributed by atoms with Crippen LogP contribution in [0.2, 0.25) is 0 Å². The van der Waals surface area contributed by atoms with Gasteiger partial charge in [-0.1, -0.05) is 0 Å². The molecule has 54 valence electrons. The van der Waals surface area contributed by atoms with Crippen LogP contribution in [0.4, 0.5) is 0 Å². The van der Waals surface area contributed by atoms with Crippen molar-refractivity contribution in [1.82, 2.24) is 4.90 Å². The Labute approximate surface area is 76.1 Å². The summed E-state index contributed by atoms with van der Waals surface area (Å²) >= 11 is 0. The van der Waals surface area contributed by atoms with Crippen LogP contribution in [-0.4, -0.2) is 36.1 Å². The van der Waals surface area contributed by atoms with E-state index >= 15 is 0 Å². The van der Waals surface area contributed by atoms with Crippen LogP contribution in [0.3, 0.4) is 0 Å². The van der Waals surface area contributed by atoms with Gasteiger partial charge >= 0.3 is 0 Å². The molecule has 0 spiro atoms. The average Bonchev–Trinajstić information content (AvgIpc) is 2.31. The summed E-state index contributed by atoms with van der Waals surface area (Å²) in [5.41, 5.74) is 0. The average molecular weight is 143 g/mol. The minimum Gasteiger partial charge on any atom is -0.396 e. The van der Waals surface area contributed by atoms with Gasteiger partial charge in [0.2, 0.25) is 0 Å². The zero-order valence-corrected chi connectivity index (χ0v) is 4.39. The molecule has 1 rings (SSSR count). The monoisotopic (exact) mass is 143 g/mol. The van der Waals surface area contributed by atoms with Gasteiger partial charge in [0, 0.05) is 29.0 Å². The van der Waals surface area contributed by atoms with Crippen molar-refractivity contribution in [2.45, 2.75) is 25.1 Å². The maximum atomic E-state index is 9.34. The molecule has 0 bridgehead atoms. The number of aliphatic hydroxyl groups is 1. The smallest absolute Gasteiger partial charge is 0.0564 e. The van der Waals surface area contributed by atoms with E-state index in [-0.39, 0.29) is 0 Å². The maximum absolute atomic E-state index is 9.34. The molecular formula is C7H15NO. The van der Waals surface area contributed by atoms with Crippen LogP contribution in [0, 0.1) is 0 Å². The first-order chi connectivity index (χ1) is 9.62. The summed E-state index contributed by atoms with van der Waals surface area (Å²) in [6.07, 6.45) is -11.5. The fourth-order valence-electron chi connectivity index (χ4n) is 0.395. The molecule has 1 unspecified atom stereocenters. The molecule has 0 aliphatic carbocycles. The summed E-state index contributed by atoms with van der Waals surface area (Å²) in [6.45, 7) is -11.3. The van der Waals surface area contributed by atoms with Crippen LogP contribution in [0.1, 0.15) is 38.3 Å². The standard InChI is InChI=1S/C7H15NO/c1-8-5-2-3-7(8)4-6-9/h7,9H,2-6H2,1H3/i1D3,2D2,3D2,4D2,5D2,6D2,7D. The van der Waals surface area contributed by atoms with Crippen LogP contribution < -0.4 is 0 Å². The Bertz CT molecular complexity index is 490. The normalized spacial score (nSPS) is 81.9. The first-order valence-corrected chi connectivity index (χ1v) is 2.14.